The highest BCUT2D eigenvalue weighted by Gasteiger charge is 2.37. The molecule has 0 aromatic heterocycles. The standard InChI is InChI=1S/C25H34N2O2/c1-19-10-8-9-13-22(19)24(3,4)23(28)26-18-25(14-16-29-17-15-25)27-20(2)21-11-6-5-7-12-21/h5-13,20,27H,14-18H2,1-4H3,(H,26,28). The van der Waals surface area contributed by atoms with Gasteiger partial charge in [-0.1, -0.05) is 54.6 Å². The van der Waals surface area contributed by atoms with Gasteiger partial charge in [-0.25, -0.2) is 0 Å². The van der Waals surface area contributed by atoms with E-state index in [1.165, 1.54) is 5.56 Å². The molecular weight excluding hydrogens is 360 g/mol. The van der Waals surface area contributed by atoms with Crippen molar-refractivity contribution in [3.05, 3.63) is 71.3 Å². The predicted octanol–water partition coefficient (Wildman–Crippen LogP) is 4.29. The van der Waals surface area contributed by atoms with Crippen LogP contribution in [0.2, 0.25) is 0 Å². The maximum absolute atomic E-state index is 13.2. The number of nitrogens with one attached hydrogen (secondary N) is 2. The van der Waals surface area contributed by atoms with Crippen molar-refractivity contribution in [2.24, 2.45) is 0 Å². The summed E-state index contributed by atoms with van der Waals surface area (Å²) < 4.78 is 5.62. The Morgan fingerprint density at radius 1 is 1.07 bits per heavy atom. The zero-order valence-electron chi connectivity index (χ0n) is 18.1. The third-order valence-electron chi connectivity index (χ3n) is 6.25. The quantitative estimate of drug-likeness (QED) is 0.737. The summed E-state index contributed by atoms with van der Waals surface area (Å²) in [7, 11) is 0. The molecule has 156 valence electrons. The Bertz CT molecular complexity index is 811. The van der Waals surface area contributed by atoms with E-state index in [4.69, 9.17) is 4.74 Å². The van der Waals surface area contributed by atoms with Gasteiger partial charge in [-0.2, -0.15) is 0 Å². The van der Waals surface area contributed by atoms with Gasteiger partial charge in [0.1, 0.15) is 0 Å². The number of carbonyl (C=O) groups is 1. The lowest BCUT2D eigenvalue weighted by molar-refractivity contribution is -0.126. The number of hydrogen-bond acceptors (Lipinski definition) is 3. The maximum atomic E-state index is 13.2. The summed E-state index contributed by atoms with van der Waals surface area (Å²) in [6.07, 6.45) is 1.77. The van der Waals surface area contributed by atoms with Crippen LogP contribution in [-0.2, 0) is 14.9 Å². The Labute approximate surface area is 175 Å². The first kappa shape index (κ1) is 21.5. The smallest absolute Gasteiger partial charge is 0.230 e. The van der Waals surface area contributed by atoms with Crippen LogP contribution in [0, 0.1) is 6.92 Å². The highest BCUT2D eigenvalue weighted by Crippen LogP contribution is 2.28. The summed E-state index contributed by atoms with van der Waals surface area (Å²) in [5.41, 5.74) is 2.73. The van der Waals surface area contributed by atoms with E-state index >= 15 is 0 Å². The molecule has 4 heteroatoms. The van der Waals surface area contributed by atoms with Gasteiger partial charge in [0.2, 0.25) is 5.91 Å². The van der Waals surface area contributed by atoms with Crippen LogP contribution in [0.5, 0.6) is 0 Å². The molecule has 1 atom stereocenters. The number of aryl methyl sites for hydroxylation is 1. The van der Waals surface area contributed by atoms with Crippen molar-refractivity contribution >= 4 is 5.91 Å². The molecule has 0 spiro atoms. The fourth-order valence-electron chi connectivity index (χ4n) is 4.29. The molecule has 1 heterocycles. The first-order valence-electron chi connectivity index (χ1n) is 10.6. The van der Waals surface area contributed by atoms with Crippen molar-refractivity contribution in [3.8, 4) is 0 Å². The van der Waals surface area contributed by atoms with Gasteiger partial charge in [-0.05, 0) is 57.2 Å². The zero-order chi connectivity index (χ0) is 20.9. The van der Waals surface area contributed by atoms with Gasteiger partial charge in [0, 0.05) is 31.3 Å². The molecule has 1 amide bonds. The van der Waals surface area contributed by atoms with Crippen molar-refractivity contribution in [2.45, 2.75) is 57.5 Å². The summed E-state index contributed by atoms with van der Waals surface area (Å²) in [6.45, 7) is 10.3. The van der Waals surface area contributed by atoms with Gasteiger partial charge >= 0.3 is 0 Å². The first-order chi connectivity index (χ1) is 13.8. The Morgan fingerprint density at radius 3 is 2.34 bits per heavy atom. The molecule has 2 N–H and O–H groups in total. The summed E-state index contributed by atoms with van der Waals surface area (Å²) in [5, 5.41) is 7.07. The van der Waals surface area contributed by atoms with E-state index in [-0.39, 0.29) is 17.5 Å². The normalized spacial score (nSPS) is 17.5. The molecule has 29 heavy (non-hydrogen) atoms. The monoisotopic (exact) mass is 394 g/mol. The third-order valence-corrected chi connectivity index (χ3v) is 6.25. The van der Waals surface area contributed by atoms with Crippen molar-refractivity contribution in [2.75, 3.05) is 19.8 Å². The summed E-state index contributed by atoms with van der Waals surface area (Å²) in [6, 6.07) is 18.8. The van der Waals surface area contributed by atoms with Crippen LogP contribution in [0.15, 0.2) is 54.6 Å². The molecular formula is C25H34N2O2. The predicted molar refractivity (Wildman–Crippen MR) is 118 cm³/mol. The lowest BCUT2D eigenvalue weighted by Crippen LogP contribution is -2.58. The molecule has 3 rings (SSSR count). The SMILES string of the molecule is Cc1ccccc1C(C)(C)C(=O)NCC1(NC(C)c2ccccc2)CCOCC1. The van der Waals surface area contributed by atoms with E-state index in [1.807, 2.05) is 32.0 Å². The van der Waals surface area contributed by atoms with Crippen molar-refractivity contribution in [1.29, 1.82) is 0 Å². The van der Waals surface area contributed by atoms with Gasteiger partial charge in [-0.15, -0.1) is 0 Å². The van der Waals surface area contributed by atoms with Gasteiger partial charge in [0.05, 0.1) is 5.41 Å². The third kappa shape index (κ3) is 5.06. The minimum absolute atomic E-state index is 0.0619. The molecule has 1 unspecified atom stereocenters. The number of rotatable bonds is 7. The maximum Gasteiger partial charge on any atom is 0.230 e. The van der Waals surface area contributed by atoms with Crippen LogP contribution < -0.4 is 10.6 Å². The second-order valence-electron chi connectivity index (χ2n) is 8.79. The number of amides is 1. The molecule has 4 nitrogen and oxygen atoms in total. The average Bonchev–Trinajstić information content (AvgIpc) is 2.73. The lowest BCUT2D eigenvalue weighted by atomic mass is 9.80. The molecule has 0 bridgehead atoms. The molecule has 0 radical (unpaired) electrons. The highest BCUT2D eigenvalue weighted by atomic mass is 16.5. The van der Waals surface area contributed by atoms with Crippen LogP contribution >= 0.6 is 0 Å². The molecule has 1 aliphatic heterocycles. The van der Waals surface area contributed by atoms with E-state index in [0.717, 1.165) is 24.0 Å². The molecule has 0 aliphatic carbocycles. The Balaban J connectivity index is 1.72. The van der Waals surface area contributed by atoms with E-state index in [1.54, 1.807) is 0 Å². The van der Waals surface area contributed by atoms with Crippen LogP contribution in [0.4, 0.5) is 0 Å². The minimum atomic E-state index is -0.581. The Kier molecular flexibility index (Phi) is 6.76. The second-order valence-corrected chi connectivity index (χ2v) is 8.79. The molecule has 0 saturated carbocycles. The van der Waals surface area contributed by atoms with Gasteiger partial charge < -0.3 is 15.4 Å². The van der Waals surface area contributed by atoms with Gasteiger partial charge in [0.15, 0.2) is 0 Å². The second kappa shape index (κ2) is 9.10. The molecule has 2 aromatic rings. The number of benzene rings is 2. The Morgan fingerprint density at radius 2 is 1.69 bits per heavy atom. The van der Waals surface area contributed by atoms with E-state index < -0.39 is 5.41 Å². The fourth-order valence-corrected chi connectivity index (χ4v) is 4.29. The summed E-state index contributed by atoms with van der Waals surface area (Å²) in [5.74, 6) is 0.0619. The molecule has 1 saturated heterocycles. The number of ether oxygens (including phenoxy) is 1. The van der Waals surface area contributed by atoms with Crippen LogP contribution in [0.1, 0.15) is 56.3 Å². The number of hydrogen-bond donors (Lipinski definition) is 2. The Hall–Kier alpha value is -2.17. The molecule has 2 aromatic carbocycles. The highest BCUT2D eigenvalue weighted by molar-refractivity contribution is 5.87. The first-order valence-corrected chi connectivity index (χ1v) is 10.6. The van der Waals surface area contributed by atoms with Crippen LogP contribution in [0.3, 0.4) is 0 Å². The summed E-state index contributed by atoms with van der Waals surface area (Å²) >= 11 is 0. The van der Waals surface area contributed by atoms with E-state index in [0.29, 0.717) is 19.8 Å². The molecule has 1 fully saturated rings. The van der Waals surface area contributed by atoms with Crippen LogP contribution in [-0.4, -0.2) is 31.2 Å². The topological polar surface area (TPSA) is 50.4 Å². The summed E-state index contributed by atoms with van der Waals surface area (Å²) in [4.78, 5) is 13.2. The van der Waals surface area contributed by atoms with Crippen LogP contribution in [0.25, 0.3) is 0 Å². The fraction of sp³-hybridized carbons (Fsp3) is 0.480. The number of carbonyl (C=O) groups excluding carboxylic acids is 1. The minimum Gasteiger partial charge on any atom is -0.381 e. The lowest BCUT2D eigenvalue weighted by Gasteiger charge is -2.41. The molecule has 1 aliphatic rings. The average molecular weight is 395 g/mol. The van der Waals surface area contributed by atoms with Crippen molar-refractivity contribution in [1.82, 2.24) is 10.6 Å². The van der Waals surface area contributed by atoms with E-state index in [2.05, 4.69) is 60.9 Å². The van der Waals surface area contributed by atoms with Crippen molar-refractivity contribution < 1.29 is 9.53 Å². The van der Waals surface area contributed by atoms with Crippen molar-refractivity contribution in [3.63, 3.8) is 0 Å². The largest absolute Gasteiger partial charge is 0.381 e. The van der Waals surface area contributed by atoms with Gasteiger partial charge in [0.25, 0.3) is 0 Å². The van der Waals surface area contributed by atoms with E-state index in [9.17, 15) is 4.79 Å². The van der Waals surface area contributed by atoms with Gasteiger partial charge in [-0.3, -0.25) is 4.79 Å². The zero-order valence-corrected chi connectivity index (χ0v) is 18.1.